The summed E-state index contributed by atoms with van der Waals surface area (Å²) in [6.45, 7) is 6.49. The molecule has 144 valence electrons. The molecule has 1 N–H and O–H groups in total. The van der Waals surface area contributed by atoms with Crippen molar-refractivity contribution in [2.45, 2.75) is 32.3 Å². The smallest absolute Gasteiger partial charge is 0.287 e. The molecule has 28 heavy (non-hydrogen) atoms. The maximum Gasteiger partial charge on any atom is 0.287 e. The van der Waals surface area contributed by atoms with E-state index in [1.807, 2.05) is 57.2 Å². The summed E-state index contributed by atoms with van der Waals surface area (Å²) in [5, 5.41) is 3.19. The molecular weight excluding hydrogens is 370 g/mol. The third-order valence-corrected chi connectivity index (χ3v) is 5.20. The zero-order valence-corrected chi connectivity index (χ0v) is 17.0. The molecule has 0 aliphatic rings. The Morgan fingerprint density at radius 3 is 2.39 bits per heavy atom. The van der Waals surface area contributed by atoms with Gasteiger partial charge in [0.15, 0.2) is 5.03 Å². The van der Waals surface area contributed by atoms with Gasteiger partial charge in [-0.1, -0.05) is 47.7 Å². The second-order valence-corrected chi connectivity index (χ2v) is 7.77. The standard InChI is InChI=1S/C22H23N3O2S/c1-15-4-6-18(7-5-15)13-24-20(26)14-28-21-22(27)25(9-8-23-21)19-11-16(2)10-17(3)12-19/h4-12H,13-14H2,1-3H3,(H,24,26). The highest BCUT2D eigenvalue weighted by atomic mass is 32.2. The Labute approximate surface area is 168 Å². The van der Waals surface area contributed by atoms with E-state index in [-0.39, 0.29) is 17.2 Å². The van der Waals surface area contributed by atoms with Crippen LogP contribution < -0.4 is 10.9 Å². The van der Waals surface area contributed by atoms with E-state index in [2.05, 4.69) is 16.4 Å². The van der Waals surface area contributed by atoms with Crippen molar-refractivity contribution in [1.82, 2.24) is 14.9 Å². The molecule has 6 heteroatoms. The van der Waals surface area contributed by atoms with Gasteiger partial charge in [-0.25, -0.2) is 4.98 Å². The van der Waals surface area contributed by atoms with E-state index in [1.54, 1.807) is 17.0 Å². The van der Waals surface area contributed by atoms with Gasteiger partial charge in [-0.05, 0) is 49.6 Å². The number of aryl methyl sites for hydroxylation is 3. The van der Waals surface area contributed by atoms with Crippen LogP contribution in [0.25, 0.3) is 5.69 Å². The summed E-state index contributed by atoms with van der Waals surface area (Å²) in [5.74, 6) is 0.0129. The first kappa shape index (κ1) is 19.9. The van der Waals surface area contributed by atoms with E-state index in [0.717, 1.165) is 34.1 Å². The second-order valence-electron chi connectivity index (χ2n) is 6.80. The number of carbonyl (C=O) groups excluding carboxylic acids is 1. The fraction of sp³-hybridized carbons (Fsp3) is 0.227. The van der Waals surface area contributed by atoms with Crippen LogP contribution in [0.2, 0.25) is 0 Å². The Morgan fingerprint density at radius 2 is 1.71 bits per heavy atom. The minimum atomic E-state index is -0.219. The Kier molecular flexibility index (Phi) is 6.31. The van der Waals surface area contributed by atoms with E-state index in [1.165, 1.54) is 5.56 Å². The molecule has 2 aromatic carbocycles. The number of hydrogen-bond acceptors (Lipinski definition) is 4. The summed E-state index contributed by atoms with van der Waals surface area (Å²) >= 11 is 1.15. The van der Waals surface area contributed by atoms with Crippen LogP contribution in [-0.2, 0) is 11.3 Å². The normalized spacial score (nSPS) is 10.7. The van der Waals surface area contributed by atoms with Gasteiger partial charge in [0, 0.05) is 24.6 Å². The summed E-state index contributed by atoms with van der Waals surface area (Å²) in [7, 11) is 0. The number of hydrogen-bond donors (Lipinski definition) is 1. The summed E-state index contributed by atoms with van der Waals surface area (Å²) in [5.41, 5.74) is 4.98. The molecule has 3 aromatic rings. The highest BCUT2D eigenvalue weighted by molar-refractivity contribution is 7.99. The number of thioether (sulfide) groups is 1. The minimum absolute atomic E-state index is 0.131. The summed E-state index contributed by atoms with van der Waals surface area (Å²) in [4.78, 5) is 29.1. The van der Waals surface area contributed by atoms with Crippen LogP contribution in [0.4, 0.5) is 0 Å². The zero-order valence-electron chi connectivity index (χ0n) is 16.2. The molecule has 0 spiro atoms. The van der Waals surface area contributed by atoms with Crippen molar-refractivity contribution in [3.63, 3.8) is 0 Å². The second kappa shape index (κ2) is 8.89. The molecule has 0 aliphatic heterocycles. The number of amides is 1. The van der Waals surface area contributed by atoms with Crippen LogP contribution in [0.5, 0.6) is 0 Å². The largest absolute Gasteiger partial charge is 0.351 e. The molecule has 3 rings (SSSR count). The topological polar surface area (TPSA) is 64.0 Å². The van der Waals surface area contributed by atoms with E-state index in [4.69, 9.17) is 0 Å². The summed E-state index contributed by atoms with van der Waals surface area (Å²) in [6, 6.07) is 14.0. The SMILES string of the molecule is Cc1ccc(CNC(=O)CSc2nccn(-c3cc(C)cc(C)c3)c2=O)cc1. The number of rotatable bonds is 6. The van der Waals surface area contributed by atoms with Gasteiger partial charge in [0.1, 0.15) is 0 Å². The van der Waals surface area contributed by atoms with Crippen molar-refractivity contribution in [2.75, 3.05) is 5.75 Å². The van der Waals surface area contributed by atoms with Crippen LogP contribution in [-0.4, -0.2) is 21.2 Å². The summed E-state index contributed by atoms with van der Waals surface area (Å²) in [6.07, 6.45) is 3.24. The van der Waals surface area contributed by atoms with Gasteiger partial charge in [-0.2, -0.15) is 0 Å². The molecule has 0 fully saturated rings. The third kappa shape index (κ3) is 5.10. The van der Waals surface area contributed by atoms with Crippen molar-refractivity contribution in [1.29, 1.82) is 0 Å². The first-order chi connectivity index (χ1) is 13.4. The Morgan fingerprint density at radius 1 is 1.04 bits per heavy atom. The average Bonchev–Trinajstić information content (AvgIpc) is 2.66. The predicted molar refractivity (Wildman–Crippen MR) is 113 cm³/mol. The van der Waals surface area contributed by atoms with Gasteiger partial charge in [-0.15, -0.1) is 0 Å². The fourth-order valence-corrected chi connectivity index (χ4v) is 3.60. The monoisotopic (exact) mass is 393 g/mol. The lowest BCUT2D eigenvalue weighted by molar-refractivity contribution is -0.118. The van der Waals surface area contributed by atoms with Crippen molar-refractivity contribution in [3.8, 4) is 5.69 Å². The van der Waals surface area contributed by atoms with Crippen LogP contribution in [0.15, 0.2) is 64.7 Å². The highest BCUT2D eigenvalue weighted by Gasteiger charge is 2.10. The molecule has 1 amide bonds. The predicted octanol–water partition coefficient (Wildman–Crippen LogP) is 3.57. The maximum absolute atomic E-state index is 12.8. The van der Waals surface area contributed by atoms with Gasteiger partial charge in [0.2, 0.25) is 5.91 Å². The molecule has 0 radical (unpaired) electrons. The van der Waals surface area contributed by atoms with Gasteiger partial charge >= 0.3 is 0 Å². The molecule has 0 atom stereocenters. The Bertz CT molecular complexity index is 1020. The number of aromatic nitrogens is 2. The first-order valence-electron chi connectivity index (χ1n) is 9.04. The first-order valence-corrected chi connectivity index (χ1v) is 10.0. The Balaban J connectivity index is 1.65. The fourth-order valence-electron chi connectivity index (χ4n) is 2.88. The quantitative estimate of drug-likeness (QED) is 0.651. The van der Waals surface area contributed by atoms with Gasteiger partial charge < -0.3 is 5.32 Å². The third-order valence-electron chi connectivity index (χ3n) is 4.24. The highest BCUT2D eigenvalue weighted by Crippen LogP contribution is 2.14. The molecule has 0 saturated heterocycles. The average molecular weight is 394 g/mol. The van der Waals surface area contributed by atoms with Crippen LogP contribution in [0.1, 0.15) is 22.3 Å². The number of carbonyl (C=O) groups is 1. The van der Waals surface area contributed by atoms with E-state index in [0.29, 0.717) is 11.6 Å². The van der Waals surface area contributed by atoms with Crippen molar-refractivity contribution >= 4 is 17.7 Å². The minimum Gasteiger partial charge on any atom is -0.351 e. The number of benzene rings is 2. The molecule has 5 nitrogen and oxygen atoms in total. The van der Waals surface area contributed by atoms with Gasteiger partial charge in [-0.3, -0.25) is 14.2 Å². The molecule has 0 bridgehead atoms. The molecule has 1 heterocycles. The molecule has 0 aliphatic carbocycles. The van der Waals surface area contributed by atoms with Gasteiger partial charge in [0.25, 0.3) is 5.56 Å². The van der Waals surface area contributed by atoms with Gasteiger partial charge in [0.05, 0.1) is 5.75 Å². The molecule has 0 saturated carbocycles. The van der Waals surface area contributed by atoms with E-state index >= 15 is 0 Å². The molecule has 1 aromatic heterocycles. The lowest BCUT2D eigenvalue weighted by atomic mass is 10.1. The van der Waals surface area contributed by atoms with Crippen molar-refractivity contribution in [2.24, 2.45) is 0 Å². The lowest BCUT2D eigenvalue weighted by Gasteiger charge is -2.09. The van der Waals surface area contributed by atoms with Crippen molar-refractivity contribution < 1.29 is 4.79 Å². The lowest BCUT2D eigenvalue weighted by Crippen LogP contribution is -2.26. The van der Waals surface area contributed by atoms with Crippen LogP contribution in [0, 0.1) is 20.8 Å². The molecule has 0 unspecified atom stereocenters. The van der Waals surface area contributed by atoms with E-state index in [9.17, 15) is 9.59 Å². The Hall–Kier alpha value is -2.86. The molecular formula is C22H23N3O2S. The van der Waals surface area contributed by atoms with Crippen LogP contribution in [0.3, 0.4) is 0 Å². The maximum atomic E-state index is 12.8. The zero-order chi connectivity index (χ0) is 20.1. The summed E-state index contributed by atoms with van der Waals surface area (Å²) < 4.78 is 1.57. The van der Waals surface area contributed by atoms with Crippen LogP contribution >= 0.6 is 11.8 Å². The number of nitrogens with zero attached hydrogens (tertiary/aromatic N) is 2. The van der Waals surface area contributed by atoms with E-state index < -0.39 is 0 Å². The van der Waals surface area contributed by atoms with Crippen molar-refractivity contribution in [3.05, 3.63) is 87.5 Å². The number of nitrogens with one attached hydrogen (secondary N) is 1.